The first-order valence-corrected chi connectivity index (χ1v) is 8.81. The van der Waals surface area contributed by atoms with Gasteiger partial charge in [0.25, 0.3) is 0 Å². The Morgan fingerprint density at radius 2 is 1.86 bits per heavy atom. The normalized spacial score (nSPS) is 10.9. The van der Waals surface area contributed by atoms with Crippen LogP contribution in [0.2, 0.25) is 0 Å². The summed E-state index contributed by atoms with van der Waals surface area (Å²) >= 11 is 0. The van der Waals surface area contributed by atoms with Crippen LogP contribution in [0, 0.1) is 0 Å². The summed E-state index contributed by atoms with van der Waals surface area (Å²) in [5, 5.41) is 3.43. The SMILES string of the molecule is CCOc1ccc(-c2nc(NC(C)=O)c3c(=O)oc4ccccc4c3n2)cc1. The molecule has 0 spiro atoms. The molecule has 4 rings (SSSR count). The number of carbonyl (C=O) groups excluding carboxylic acids is 1. The minimum atomic E-state index is -0.601. The molecular weight excluding hydrogens is 358 g/mol. The van der Waals surface area contributed by atoms with Crippen molar-refractivity contribution in [1.29, 1.82) is 0 Å². The van der Waals surface area contributed by atoms with Crippen molar-refractivity contribution in [2.75, 3.05) is 11.9 Å². The molecule has 7 heteroatoms. The lowest BCUT2D eigenvalue weighted by atomic mass is 10.1. The second-order valence-corrected chi connectivity index (χ2v) is 6.14. The van der Waals surface area contributed by atoms with Crippen LogP contribution < -0.4 is 15.7 Å². The van der Waals surface area contributed by atoms with Gasteiger partial charge in [0.1, 0.15) is 16.7 Å². The minimum Gasteiger partial charge on any atom is -0.494 e. The van der Waals surface area contributed by atoms with Gasteiger partial charge >= 0.3 is 5.63 Å². The fourth-order valence-electron chi connectivity index (χ4n) is 3.00. The van der Waals surface area contributed by atoms with Gasteiger partial charge in [-0.15, -0.1) is 0 Å². The maximum Gasteiger partial charge on any atom is 0.349 e. The number of nitrogens with one attached hydrogen (secondary N) is 1. The molecule has 140 valence electrons. The molecule has 2 heterocycles. The van der Waals surface area contributed by atoms with Gasteiger partial charge in [-0.2, -0.15) is 0 Å². The molecule has 0 bridgehead atoms. The molecular formula is C21H17N3O4. The average molecular weight is 375 g/mol. The van der Waals surface area contributed by atoms with Crippen molar-refractivity contribution in [3.63, 3.8) is 0 Å². The second kappa shape index (κ2) is 7.11. The molecule has 0 fully saturated rings. The lowest BCUT2D eigenvalue weighted by Crippen LogP contribution is -2.13. The summed E-state index contributed by atoms with van der Waals surface area (Å²) in [7, 11) is 0. The summed E-state index contributed by atoms with van der Waals surface area (Å²) in [6.45, 7) is 3.84. The Bertz CT molecular complexity index is 1250. The van der Waals surface area contributed by atoms with E-state index in [1.165, 1.54) is 6.92 Å². The van der Waals surface area contributed by atoms with Gasteiger partial charge in [-0.3, -0.25) is 4.79 Å². The summed E-state index contributed by atoms with van der Waals surface area (Å²) in [6.07, 6.45) is 0. The molecule has 2 aromatic carbocycles. The molecule has 0 unspecified atom stereocenters. The first-order chi connectivity index (χ1) is 13.6. The van der Waals surface area contributed by atoms with Crippen LogP contribution in [0.4, 0.5) is 5.82 Å². The monoisotopic (exact) mass is 375 g/mol. The first kappa shape index (κ1) is 17.7. The van der Waals surface area contributed by atoms with Crippen molar-refractivity contribution >= 4 is 33.6 Å². The number of amides is 1. The number of hydrogen-bond acceptors (Lipinski definition) is 6. The highest BCUT2D eigenvalue weighted by Crippen LogP contribution is 2.28. The van der Waals surface area contributed by atoms with E-state index in [-0.39, 0.29) is 17.1 Å². The van der Waals surface area contributed by atoms with Gasteiger partial charge in [-0.25, -0.2) is 14.8 Å². The van der Waals surface area contributed by atoms with E-state index < -0.39 is 5.63 Å². The molecule has 0 saturated carbocycles. The van der Waals surface area contributed by atoms with E-state index in [1.54, 1.807) is 12.1 Å². The van der Waals surface area contributed by atoms with Gasteiger partial charge in [0.05, 0.1) is 12.1 Å². The smallest absolute Gasteiger partial charge is 0.349 e. The third-order valence-corrected chi connectivity index (χ3v) is 4.18. The second-order valence-electron chi connectivity index (χ2n) is 6.14. The maximum absolute atomic E-state index is 12.5. The standard InChI is InChI=1S/C21H17N3O4/c1-3-27-14-10-8-13(9-11-14)19-23-18-15-6-4-5-7-16(15)28-21(26)17(18)20(24-19)22-12(2)25/h4-11H,3H2,1-2H3,(H,22,23,24,25). The molecule has 0 aliphatic rings. The molecule has 4 aromatic rings. The van der Waals surface area contributed by atoms with Crippen molar-refractivity contribution in [2.45, 2.75) is 13.8 Å². The third kappa shape index (κ3) is 3.18. The Balaban J connectivity index is 2.00. The largest absolute Gasteiger partial charge is 0.494 e. The molecule has 0 radical (unpaired) electrons. The predicted octanol–water partition coefficient (Wildman–Crippen LogP) is 3.76. The summed E-state index contributed by atoms with van der Waals surface area (Å²) in [4.78, 5) is 33.2. The van der Waals surface area contributed by atoms with E-state index in [4.69, 9.17) is 9.15 Å². The van der Waals surface area contributed by atoms with Crippen LogP contribution in [0.5, 0.6) is 5.75 Å². The van der Waals surface area contributed by atoms with E-state index in [0.717, 1.165) is 11.3 Å². The average Bonchev–Trinajstić information content (AvgIpc) is 2.68. The fraction of sp³-hybridized carbons (Fsp3) is 0.143. The van der Waals surface area contributed by atoms with Crippen LogP contribution in [0.25, 0.3) is 33.3 Å². The maximum atomic E-state index is 12.5. The lowest BCUT2D eigenvalue weighted by molar-refractivity contribution is -0.114. The topological polar surface area (TPSA) is 94.3 Å². The minimum absolute atomic E-state index is 0.126. The quantitative estimate of drug-likeness (QED) is 0.431. The van der Waals surface area contributed by atoms with Crippen LogP contribution in [0.3, 0.4) is 0 Å². The first-order valence-electron chi connectivity index (χ1n) is 8.81. The highest BCUT2D eigenvalue weighted by molar-refractivity contribution is 6.08. The van der Waals surface area contributed by atoms with Crippen LogP contribution in [0.1, 0.15) is 13.8 Å². The molecule has 0 atom stereocenters. The third-order valence-electron chi connectivity index (χ3n) is 4.18. The highest BCUT2D eigenvalue weighted by Gasteiger charge is 2.17. The van der Waals surface area contributed by atoms with E-state index in [0.29, 0.717) is 28.9 Å². The van der Waals surface area contributed by atoms with E-state index in [9.17, 15) is 9.59 Å². The Labute approximate surface area is 160 Å². The molecule has 7 nitrogen and oxygen atoms in total. The number of carbonyl (C=O) groups is 1. The molecule has 1 amide bonds. The molecule has 28 heavy (non-hydrogen) atoms. The van der Waals surface area contributed by atoms with Gasteiger partial charge in [0.15, 0.2) is 11.6 Å². The van der Waals surface area contributed by atoms with Crippen molar-refractivity contribution in [1.82, 2.24) is 9.97 Å². The van der Waals surface area contributed by atoms with E-state index in [2.05, 4.69) is 15.3 Å². The highest BCUT2D eigenvalue weighted by atomic mass is 16.5. The Morgan fingerprint density at radius 1 is 1.11 bits per heavy atom. The molecule has 2 aromatic heterocycles. The van der Waals surface area contributed by atoms with Crippen LogP contribution in [0.15, 0.2) is 57.7 Å². The zero-order valence-electron chi connectivity index (χ0n) is 15.4. The Morgan fingerprint density at radius 3 is 2.57 bits per heavy atom. The van der Waals surface area contributed by atoms with Crippen LogP contribution in [-0.4, -0.2) is 22.5 Å². The van der Waals surface area contributed by atoms with Crippen molar-refractivity contribution in [2.24, 2.45) is 0 Å². The number of hydrogen-bond donors (Lipinski definition) is 1. The number of benzene rings is 2. The Hall–Kier alpha value is -3.74. The van der Waals surface area contributed by atoms with Gasteiger partial charge in [0, 0.05) is 17.9 Å². The zero-order chi connectivity index (χ0) is 19.7. The van der Waals surface area contributed by atoms with Crippen molar-refractivity contribution in [3.8, 4) is 17.1 Å². The zero-order valence-corrected chi connectivity index (χ0v) is 15.4. The van der Waals surface area contributed by atoms with Crippen LogP contribution >= 0.6 is 0 Å². The number of nitrogens with zero attached hydrogens (tertiary/aromatic N) is 2. The van der Waals surface area contributed by atoms with Gasteiger partial charge in [-0.1, -0.05) is 12.1 Å². The van der Waals surface area contributed by atoms with Crippen LogP contribution in [-0.2, 0) is 4.79 Å². The number of aromatic nitrogens is 2. The summed E-state index contributed by atoms with van der Waals surface area (Å²) in [5.41, 5.74) is 0.976. The molecule has 0 saturated heterocycles. The molecule has 1 N–H and O–H groups in total. The fourth-order valence-corrected chi connectivity index (χ4v) is 3.00. The number of para-hydroxylation sites is 1. The summed E-state index contributed by atoms with van der Waals surface area (Å²) in [5.74, 6) is 0.904. The van der Waals surface area contributed by atoms with Gasteiger partial charge in [-0.05, 0) is 43.3 Å². The number of ether oxygens (including phenoxy) is 1. The van der Waals surface area contributed by atoms with Crippen molar-refractivity contribution in [3.05, 3.63) is 59.0 Å². The molecule has 0 aliphatic heterocycles. The predicted molar refractivity (Wildman–Crippen MR) is 106 cm³/mol. The van der Waals surface area contributed by atoms with Crippen molar-refractivity contribution < 1.29 is 13.9 Å². The molecule has 0 aliphatic carbocycles. The van der Waals surface area contributed by atoms with Gasteiger partial charge < -0.3 is 14.5 Å². The number of fused-ring (bicyclic) bond motifs is 3. The summed E-state index contributed by atoms with van der Waals surface area (Å²) < 4.78 is 10.8. The number of anilines is 1. The van der Waals surface area contributed by atoms with Gasteiger partial charge in [0.2, 0.25) is 5.91 Å². The van der Waals surface area contributed by atoms with E-state index in [1.807, 2.05) is 43.3 Å². The number of rotatable bonds is 4. The van der Waals surface area contributed by atoms with E-state index >= 15 is 0 Å². The summed E-state index contributed by atoms with van der Waals surface area (Å²) in [6, 6.07) is 14.4. The Kier molecular flexibility index (Phi) is 4.49. The lowest BCUT2D eigenvalue weighted by Gasteiger charge is -2.10.